The fraction of sp³-hybridized carbons (Fsp3) is 0.417. The lowest BCUT2D eigenvalue weighted by atomic mass is 9.89. The first-order valence-electron chi connectivity index (χ1n) is 11.3. The van der Waals surface area contributed by atoms with Gasteiger partial charge in [-0.1, -0.05) is 6.07 Å². The second kappa shape index (κ2) is 10.4. The minimum atomic E-state index is -4.79. The number of likely N-dealkylation sites (tertiary alicyclic amines) is 1. The van der Waals surface area contributed by atoms with E-state index in [1.165, 1.54) is 23.1 Å². The molecule has 2 aliphatic rings. The first-order valence-corrected chi connectivity index (χ1v) is 11.3. The maximum absolute atomic E-state index is 14.1. The second-order valence-electron chi connectivity index (χ2n) is 8.75. The van der Waals surface area contributed by atoms with Crippen LogP contribution in [-0.4, -0.2) is 72.9 Å². The van der Waals surface area contributed by atoms with E-state index in [0.717, 1.165) is 24.3 Å². The number of nitrogens with zero attached hydrogens (tertiary/aromatic N) is 2. The molecule has 36 heavy (non-hydrogen) atoms. The van der Waals surface area contributed by atoms with Crippen LogP contribution in [0.4, 0.5) is 27.6 Å². The maximum atomic E-state index is 14.1. The highest BCUT2D eigenvalue weighted by Crippen LogP contribution is 2.31. The molecule has 7 nitrogen and oxygen atoms in total. The summed E-state index contributed by atoms with van der Waals surface area (Å²) in [7, 11) is 0. The van der Waals surface area contributed by atoms with Crippen LogP contribution in [0, 0.1) is 11.6 Å². The standard InChI is InChI=1S/C24H24F5N3O4/c25-18-2-1-3-19(26)21(18)22(34)32-12-13-35-23(15-32)8-10-31(11-9-23)14-20(33)30-16-4-6-17(7-5-16)36-24(27,28)29/h1-7H,8-15H2,(H,30,33). The smallest absolute Gasteiger partial charge is 0.406 e. The minimum absolute atomic E-state index is 0.0555. The van der Waals surface area contributed by atoms with Gasteiger partial charge in [0.2, 0.25) is 5.91 Å². The highest BCUT2D eigenvalue weighted by molar-refractivity contribution is 5.95. The summed E-state index contributed by atoms with van der Waals surface area (Å²) in [4.78, 5) is 28.5. The number of piperidine rings is 1. The Bertz CT molecular complexity index is 1080. The molecule has 1 spiro atoms. The van der Waals surface area contributed by atoms with E-state index in [-0.39, 0.29) is 37.9 Å². The van der Waals surface area contributed by atoms with Crippen LogP contribution in [0.1, 0.15) is 23.2 Å². The first kappa shape index (κ1) is 25.8. The number of anilines is 1. The van der Waals surface area contributed by atoms with Crippen LogP contribution >= 0.6 is 0 Å². The SMILES string of the molecule is O=C(CN1CCC2(CC1)CN(C(=O)c1c(F)cccc1F)CCO2)Nc1ccc(OC(F)(F)F)cc1. The molecule has 2 heterocycles. The van der Waals surface area contributed by atoms with Crippen LogP contribution in [0.3, 0.4) is 0 Å². The number of halogens is 5. The molecule has 0 aromatic heterocycles. The van der Waals surface area contributed by atoms with Crippen molar-refractivity contribution in [2.45, 2.75) is 24.8 Å². The van der Waals surface area contributed by atoms with E-state index in [1.54, 1.807) is 0 Å². The van der Waals surface area contributed by atoms with Gasteiger partial charge in [0, 0.05) is 25.3 Å². The average Bonchev–Trinajstić information content (AvgIpc) is 2.81. The molecule has 2 aromatic rings. The zero-order valence-electron chi connectivity index (χ0n) is 19.1. The zero-order valence-corrected chi connectivity index (χ0v) is 19.1. The van der Waals surface area contributed by atoms with Crippen LogP contribution in [0.15, 0.2) is 42.5 Å². The topological polar surface area (TPSA) is 71.1 Å². The Hall–Kier alpha value is -3.25. The predicted molar refractivity (Wildman–Crippen MR) is 118 cm³/mol. The molecule has 0 unspecified atom stereocenters. The predicted octanol–water partition coefficient (Wildman–Crippen LogP) is 3.81. The van der Waals surface area contributed by atoms with Gasteiger partial charge >= 0.3 is 6.36 Å². The Morgan fingerprint density at radius 3 is 2.25 bits per heavy atom. The Morgan fingerprint density at radius 1 is 1.00 bits per heavy atom. The summed E-state index contributed by atoms with van der Waals surface area (Å²) in [6.45, 7) is 1.67. The van der Waals surface area contributed by atoms with Crippen molar-refractivity contribution in [1.29, 1.82) is 0 Å². The van der Waals surface area contributed by atoms with E-state index in [4.69, 9.17) is 4.74 Å². The molecule has 4 rings (SSSR count). The quantitative estimate of drug-likeness (QED) is 0.616. The lowest BCUT2D eigenvalue weighted by molar-refractivity contribution is -0.274. The fourth-order valence-corrected chi connectivity index (χ4v) is 4.44. The van der Waals surface area contributed by atoms with Crippen LogP contribution in [0.5, 0.6) is 5.75 Å². The lowest BCUT2D eigenvalue weighted by Crippen LogP contribution is -2.58. The molecule has 1 N–H and O–H groups in total. The number of amides is 2. The number of nitrogens with one attached hydrogen (secondary N) is 1. The average molecular weight is 513 g/mol. The third kappa shape index (κ3) is 6.30. The maximum Gasteiger partial charge on any atom is 0.573 e. The Balaban J connectivity index is 1.28. The molecule has 2 aliphatic heterocycles. The summed E-state index contributed by atoms with van der Waals surface area (Å²) in [6, 6.07) is 8.11. The summed E-state index contributed by atoms with van der Waals surface area (Å²) in [6.07, 6.45) is -3.78. The normalized spacial score (nSPS) is 18.2. The van der Waals surface area contributed by atoms with Crippen LogP contribution < -0.4 is 10.1 Å². The van der Waals surface area contributed by atoms with E-state index in [0.29, 0.717) is 31.6 Å². The van der Waals surface area contributed by atoms with E-state index in [9.17, 15) is 31.5 Å². The number of ether oxygens (including phenoxy) is 2. The second-order valence-corrected chi connectivity index (χ2v) is 8.75. The number of carbonyl (C=O) groups excluding carboxylic acids is 2. The molecule has 0 bridgehead atoms. The molecule has 2 aromatic carbocycles. The summed E-state index contributed by atoms with van der Waals surface area (Å²) >= 11 is 0. The Kier molecular flexibility index (Phi) is 7.46. The number of hydrogen-bond acceptors (Lipinski definition) is 5. The fourth-order valence-electron chi connectivity index (χ4n) is 4.44. The largest absolute Gasteiger partial charge is 0.573 e. The molecular formula is C24H24F5N3O4. The van der Waals surface area contributed by atoms with Crippen molar-refractivity contribution in [3.05, 3.63) is 59.7 Å². The van der Waals surface area contributed by atoms with Gasteiger partial charge in [-0.3, -0.25) is 14.5 Å². The van der Waals surface area contributed by atoms with Crippen molar-refractivity contribution in [2.75, 3.05) is 44.6 Å². The molecular weight excluding hydrogens is 489 g/mol. The van der Waals surface area contributed by atoms with Crippen LogP contribution in [-0.2, 0) is 9.53 Å². The van der Waals surface area contributed by atoms with Crippen molar-refractivity contribution >= 4 is 17.5 Å². The summed E-state index contributed by atoms with van der Waals surface area (Å²) in [5.74, 6) is -3.28. The molecule has 0 saturated carbocycles. The van der Waals surface area contributed by atoms with Gasteiger partial charge in [0.05, 0.1) is 25.3 Å². The molecule has 2 amide bonds. The van der Waals surface area contributed by atoms with Gasteiger partial charge in [-0.25, -0.2) is 8.78 Å². The Morgan fingerprint density at radius 2 is 1.64 bits per heavy atom. The van der Waals surface area contributed by atoms with Gasteiger partial charge in [-0.2, -0.15) is 0 Å². The number of carbonyl (C=O) groups is 2. The van der Waals surface area contributed by atoms with Gasteiger partial charge in [0.1, 0.15) is 22.9 Å². The molecule has 194 valence electrons. The monoisotopic (exact) mass is 513 g/mol. The Labute approximate surface area is 203 Å². The number of hydrogen-bond donors (Lipinski definition) is 1. The van der Waals surface area contributed by atoms with Crippen molar-refractivity contribution in [3.63, 3.8) is 0 Å². The van der Waals surface area contributed by atoms with E-state index in [1.807, 2.05) is 4.90 Å². The summed E-state index contributed by atoms with van der Waals surface area (Å²) in [5.41, 5.74) is -0.925. The summed E-state index contributed by atoms with van der Waals surface area (Å²) < 4.78 is 74.7. The minimum Gasteiger partial charge on any atom is -0.406 e. The summed E-state index contributed by atoms with van der Waals surface area (Å²) in [5, 5.41) is 2.63. The van der Waals surface area contributed by atoms with E-state index in [2.05, 4.69) is 10.1 Å². The van der Waals surface area contributed by atoms with Crippen LogP contribution in [0.25, 0.3) is 0 Å². The van der Waals surface area contributed by atoms with Crippen molar-refractivity contribution < 1.29 is 41.0 Å². The molecule has 0 atom stereocenters. The van der Waals surface area contributed by atoms with Gasteiger partial charge in [0.15, 0.2) is 0 Å². The third-order valence-corrected chi connectivity index (χ3v) is 6.22. The highest BCUT2D eigenvalue weighted by atomic mass is 19.4. The zero-order chi connectivity index (χ0) is 25.9. The molecule has 12 heteroatoms. The molecule has 0 aliphatic carbocycles. The first-order chi connectivity index (χ1) is 17.0. The highest BCUT2D eigenvalue weighted by Gasteiger charge is 2.42. The van der Waals surface area contributed by atoms with Gasteiger partial charge in [-0.05, 0) is 49.2 Å². The van der Waals surface area contributed by atoms with Crippen molar-refractivity contribution in [1.82, 2.24) is 9.80 Å². The van der Waals surface area contributed by atoms with Gasteiger partial charge in [-0.15, -0.1) is 13.2 Å². The number of morpholine rings is 1. The van der Waals surface area contributed by atoms with Gasteiger partial charge < -0.3 is 19.7 Å². The molecule has 0 radical (unpaired) electrons. The lowest BCUT2D eigenvalue weighted by Gasteiger charge is -2.47. The molecule has 2 saturated heterocycles. The molecule has 2 fully saturated rings. The van der Waals surface area contributed by atoms with Gasteiger partial charge in [0.25, 0.3) is 5.91 Å². The van der Waals surface area contributed by atoms with Crippen molar-refractivity contribution in [2.24, 2.45) is 0 Å². The third-order valence-electron chi connectivity index (χ3n) is 6.22. The number of alkyl halides is 3. The van der Waals surface area contributed by atoms with E-state index < -0.39 is 35.1 Å². The van der Waals surface area contributed by atoms with Crippen molar-refractivity contribution in [3.8, 4) is 5.75 Å². The van der Waals surface area contributed by atoms with Crippen LogP contribution in [0.2, 0.25) is 0 Å². The number of rotatable bonds is 5. The number of benzene rings is 2. The van der Waals surface area contributed by atoms with E-state index >= 15 is 0 Å².